The van der Waals surface area contributed by atoms with Crippen molar-refractivity contribution in [1.82, 2.24) is 0 Å². The molecule has 0 aliphatic heterocycles. The Kier molecular flexibility index (Phi) is 7.76. The van der Waals surface area contributed by atoms with Gasteiger partial charge in [-0.05, 0) is 66.1 Å². The van der Waals surface area contributed by atoms with E-state index in [2.05, 4.69) is 41.5 Å². The van der Waals surface area contributed by atoms with E-state index in [9.17, 15) is 9.59 Å². The molecule has 0 atom stereocenters. The van der Waals surface area contributed by atoms with Crippen LogP contribution in [0.15, 0.2) is 30.3 Å². The molecule has 0 spiro atoms. The van der Waals surface area contributed by atoms with Crippen molar-refractivity contribution in [2.45, 2.75) is 55.4 Å². The van der Waals surface area contributed by atoms with Crippen molar-refractivity contribution in [3.8, 4) is 11.5 Å². The molecule has 32 heavy (non-hydrogen) atoms. The smallest absolute Gasteiger partial charge is 0.338 e. The summed E-state index contributed by atoms with van der Waals surface area (Å²) in [6, 6.07) is 8.74. The molecule has 0 bridgehead atoms. The summed E-state index contributed by atoms with van der Waals surface area (Å²) in [7, 11) is 1.33. The summed E-state index contributed by atoms with van der Waals surface area (Å²) in [4.78, 5) is 25.8. The van der Waals surface area contributed by atoms with Gasteiger partial charge in [0.25, 0.3) is 0 Å². The van der Waals surface area contributed by atoms with E-state index in [-0.39, 0.29) is 16.6 Å². The Morgan fingerprint density at radius 3 is 1.84 bits per heavy atom. The molecule has 174 valence electrons. The number of methoxy groups -OCH3 is 1. The molecule has 0 aliphatic rings. The molecule has 0 radical (unpaired) electrons. The van der Waals surface area contributed by atoms with Crippen LogP contribution < -0.4 is 9.47 Å². The van der Waals surface area contributed by atoms with Gasteiger partial charge < -0.3 is 14.2 Å². The average Bonchev–Trinajstić information content (AvgIpc) is 2.68. The molecule has 0 N–H and O–H groups in total. The number of ether oxygens (including phenoxy) is 3. The zero-order valence-electron chi connectivity index (χ0n) is 20.8. The molecule has 0 heterocycles. The first-order chi connectivity index (χ1) is 14.7. The van der Waals surface area contributed by atoms with Crippen molar-refractivity contribution < 1.29 is 23.8 Å². The number of hydrogen-bond donors (Lipinski definition) is 0. The van der Waals surface area contributed by atoms with Gasteiger partial charge in [0.05, 0.1) is 31.5 Å². The number of ketones is 1. The first-order valence-electron chi connectivity index (χ1n) is 10.9. The van der Waals surface area contributed by atoms with Crippen LogP contribution in [-0.2, 0) is 4.74 Å². The summed E-state index contributed by atoms with van der Waals surface area (Å²) < 4.78 is 16.8. The quantitative estimate of drug-likeness (QED) is 0.380. The third-order valence-corrected chi connectivity index (χ3v) is 4.75. The topological polar surface area (TPSA) is 61.8 Å². The minimum absolute atomic E-state index is 0.0356. The van der Waals surface area contributed by atoms with E-state index in [0.717, 1.165) is 11.3 Å². The standard InChI is InChI=1S/C27H36O5/c1-17-12-19(31-15-26(3,4)5)10-11-20(17)24(28)22-14-21(25(29)30-9)18(2)13-23(22)32-16-27(6,7)8/h10-14H,15-16H2,1-9H3. The van der Waals surface area contributed by atoms with Crippen molar-refractivity contribution in [3.63, 3.8) is 0 Å². The summed E-state index contributed by atoms with van der Waals surface area (Å²) >= 11 is 0. The minimum Gasteiger partial charge on any atom is -0.493 e. The second kappa shape index (κ2) is 9.76. The van der Waals surface area contributed by atoms with Gasteiger partial charge in [0, 0.05) is 5.56 Å². The number of aryl methyl sites for hydroxylation is 2. The second-order valence-corrected chi connectivity index (χ2v) is 10.7. The Bertz CT molecular complexity index is 990. The SMILES string of the molecule is COC(=O)c1cc(C(=O)c2ccc(OCC(C)(C)C)cc2C)c(OCC(C)(C)C)cc1C. The molecule has 2 rings (SSSR count). The van der Waals surface area contributed by atoms with Gasteiger partial charge in [-0.25, -0.2) is 4.79 Å². The van der Waals surface area contributed by atoms with Crippen LogP contribution in [0.4, 0.5) is 0 Å². The van der Waals surface area contributed by atoms with Crippen molar-refractivity contribution in [2.75, 3.05) is 20.3 Å². The Balaban J connectivity index is 2.47. The first-order valence-corrected chi connectivity index (χ1v) is 10.9. The van der Waals surface area contributed by atoms with E-state index in [1.165, 1.54) is 7.11 Å². The summed E-state index contributed by atoms with van der Waals surface area (Å²) in [5.41, 5.74) is 2.66. The van der Waals surface area contributed by atoms with E-state index in [1.54, 1.807) is 31.2 Å². The zero-order chi connectivity index (χ0) is 24.3. The highest BCUT2D eigenvalue weighted by atomic mass is 16.5. The molecule has 2 aromatic carbocycles. The van der Waals surface area contributed by atoms with Crippen molar-refractivity contribution in [2.24, 2.45) is 10.8 Å². The maximum atomic E-state index is 13.5. The predicted molar refractivity (Wildman–Crippen MR) is 127 cm³/mol. The fraction of sp³-hybridized carbons (Fsp3) is 0.481. The van der Waals surface area contributed by atoms with Crippen LogP contribution in [-0.4, -0.2) is 32.1 Å². The normalized spacial score (nSPS) is 11.8. The largest absolute Gasteiger partial charge is 0.493 e. The molecule has 0 saturated carbocycles. The molecule has 0 amide bonds. The Morgan fingerprint density at radius 2 is 1.31 bits per heavy atom. The fourth-order valence-corrected chi connectivity index (χ4v) is 3.03. The molecular formula is C27H36O5. The highest BCUT2D eigenvalue weighted by molar-refractivity contribution is 6.12. The summed E-state index contributed by atoms with van der Waals surface area (Å²) in [5.74, 6) is 0.486. The van der Waals surface area contributed by atoms with E-state index in [4.69, 9.17) is 14.2 Å². The second-order valence-electron chi connectivity index (χ2n) is 10.7. The number of hydrogen-bond acceptors (Lipinski definition) is 5. The maximum absolute atomic E-state index is 13.5. The molecule has 0 saturated heterocycles. The molecule has 5 heteroatoms. The molecule has 2 aromatic rings. The number of carbonyl (C=O) groups excluding carboxylic acids is 2. The van der Waals surface area contributed by atoms with Gasteiger partial charge in [0.2, 0.25) is 0 Å². The van der Waals surface area contributed by atoms with Gasteiger partial charge in [-0.1, -0.05) is 41.5 Å². The molecule has 0 aromatic heterocycles. The van der Waals surface area contributed by atoms with Gasteiger partial charge in [0.15, 0.2) is 5.78 Å². The van der Waals surface area contributed by atoms with Gasteiger partial charge in [-0.3, -0.25) is 4.79 Å². The Morgan fingerprint density at radius 1 is 0.750 bits per heavy atom. The highest BCUT2D eigenvalue weighted by Gasteiger charge is 2.23. The number of rotatable bonds is 7. The lowest BCUT2D eigenvalue weighted by atomic mass is 9.94. The summed E-state index contributed by atoms with van der Waals surface area (Å²) in [6.45, 7) is 17.2. The monoisotopic (exact) mass is 440 g/mol. The molecule has 0 aliphatic carbocycles. The average molecular weight is 441 g/mol. The fourth-order valence-electron chi connectivity index (χ4n) is 3.03. The molecule has 0 fully saturated rings. The molecular weight excluding hydrogens is 404 g/mol. The lowest BCUT2D eigenvalue weighted by molar-refractivity contribution is 0.0599. The van der Waals surface area contributed by atoms with Crippen LogP contribution in [0.3, 0.4) is 0 Å². The van der Waals surface area contributed by atoms with Crippen molar-refractivity contribution >= 4 is 11.8 Å². The summed E-state index contributed by atoms with van der Waals surface area (Å²) in [5, 5.41) is 0. The molecule has 0 unspecified atom stereocenters. The van der Waals surface area contributed by atoms with Crippen molar-refractivity contribution in [3.05, 3.63) is 58.1 Å². The third-order valence-electron chi connectivity index (χ3n) is 4.75. The van der Waals surface area contributed by atoms with Crippen LogP contribution in [0, 0.1) is 24.7 Å². The van der Waals surface area contributed by atoms with E-state index in [0.29, 0.717) is 41.2 Å². The summed E-state index contributed by atoms with van der Waals surface area (Å²) in [6.07, 6.45) is 0. The minimum atomic E-state index is -0.485. The van der Waals surface area contributed by atoms with Crippen LogP contribution >= 0.6 is 0 Å². The van der Waals surface area contributed by atoms with E-state index < -0.39 is 5.97 Å². The predicted octanol–water partition coefficient (Wildman–Crippen LogP) is 6.17. The van der Waals surface area contributed by atoms with E-state index >= 15 is 0 Å². The third kappa shape index (κ3) is 6.84. The van der Waals surface area contributed by atoms with Crippen LogP contribution in [0.5, 0.6) is 11.5 Å². The zero-order valence-corrected chi connectivity index (χ0v) is 20.8. The lowest BCUT2D eigenvalue weighted by Crippen LogP contribution is -2.19. The van der Waals surface area contributed by atoms with Gasteiger partial charge in [0.1, 0.15) is 11.5 Å². The van der Waals surface area contributed by atoms with Crippen LogP contribution in [0.1, 0.15) is 78.9 Å². The molecule has 5 nitrogen and oxygen atoms in total. The van der Waals surface area contributed by atoms with Gasteiger partial charge >= 0.3 is 5.97 Å². The van der Waals surface area contributed by atoms with Gasteiger partial charge in [-0.2, -0.15) is 0 Å². The number of benzene rings is 2. The van der Waals surface area contributed by atoms with Crippen LogP contribution in [0.25, 0.3) is 0 Å². The first kappa shape index (κ1) is 25.4. The van der Waals surface area contributed by atoms with E-state index in [1.807, 2.05) is 13.0 Å². The Hall–Kier alpha value is -2.82. The Labute approximate surface area is 192 Å². The lowest BCUT2D eigenvalue weighted by Gasteiger charge is -2.21. The highest BCUT2D eigenvalue weighted by Crippen LogP contribution is 2.30. The van der Waals surface area contributed by atoms with Crippen LogP contribution in [0.2, 0.25) is 0 Å². The maximum Gasteiger partial charge on any atom is 0.338 e. The number of esters is 1. The van der Waals surface area contributed by atoms with Crippen molar-refractivity contribution in [1.29, 1.82) is 0 Å². The van der Waals surface area contributed by atoms with Gasteiger partial charge in [-0.15, -0.1) is 0 Å². The number of carbonyl (C=O) groups is 2.